The van der Waals surface area contributed by atoms with Crippen LogP contribution in [0.4, 0.5) is 5.69 Å². The summed E-state index contributed by atoms with van der Waals surface area (Å²) in [6.07, 6.45) is 13.0. The highest BCUT2D eigenvalue weighted by Gasteiger charge is 2.53. The van der Waals surface area contributed by atoms with Crippen LogP contribution in [0.1, 0.15) is 63.9 Å². The first kappa shape index (κ1) is 23.1. The Morgan fingerprint density at radius 3 is 2.65 bits per heavy atom. The van der Waals surface area contributed by atoms with Crippen LogP contribution >= 0.6 is 0 Å². The molecule has 1 aliphatic heterocycles. The van der Waals surface area contributed by atoms with Gasteiger partial charge in [-0.25, -0.2) is 0 Å². The number of hydrogen-bond acceptors (Lipinski definition) is 6. The smallest absolute Gasteiger partial charge is 0.168 e. The van der Waals surface area contributed by atoms with Gasteiger partial charge in [0, 0.05) is 30.4 Å². The molecule has 34 heavy (non-hydrogen) atoms. The molecule has 1 aromatic rings. The molecule has 1 aromatic carbocycles. The van der Waals surface area contributed by atoms with E-state index in [2.05, 4.69) is 33.8 Å². The standard InChI is InChI=1S/C28H36N4O2/c1-2-30-23-10-15-28(25(33)16-23,18-27(34)11-5-12-27)22-8-13-26(14-9-22)19-32(20-31-26)24-7-4-3-6-21(24)17-29/h3-4,6-7,10,15-16,22,30-31,34H,2,5,8-9,11-14,18-20H2,1H3. The Hall–Kier alpha value is -2.62. The third-order valence-electron chi connectivity index (χ3n) is 8.77. The van der Waals surface area contributed by atoms with Crippen LogP contribution in [-0.4, -0.2) is 41.8 Å². The second-order valence-corrected chi connectivity index (χ2v) is 10.8. The van der Waals surface area contributed by atoms with Crippen molar-refractivity contribution in [3.63, 3.8) is 0 Å². The second-order valence-electron chi connectivity index (χ2n) is 10.8. The lowest BCUT2D eigenvalue weighted by Gasteiger charge is -2.50. The van der Waals surface area contributed by atoms with Crippen LogP contribution in [0.5, 0.6) is 0 Å². The second kappa shape index (κ2) is 8.87. The van der Waals surface area contributed by atoms with Gasteiger partial charge in [-0.15, -0.1) is 0 Å². The van der Waals surface area contributed by atoms with E-state index in [-0.39, 0.29) is 17.2 Å². The number of nitriles is 1. The molecule has 0 radical (unpaired) electrons. The maximum Gasteiger partial charge on any atom is 0.168 e. The van der Waals surface area contributed by atoms with Gasteiger partial charge in [0.2, 0.25) is 0 Å². The highest BCUT2D eigenvalue weighted by Crippen LogP contribution is 2.53. The highest BCUT2D eigenvalue weighted by molar-refractivity contribution is 5.99. The zero-order valence-corrected chi connectivity index (χ0v) is 20.1. The summed E-state index contributed by atoms with van der Waals surface area (Å²) in [5.41, 5.74) is 1.28. The van der Waals surface area contributed by atoms with Crippen molar-refractivity contribution < 1.29 is 9.90 Å². The van der Waals surface area contributed by atoms with Crippen molar-refractivity contribution >= 4 is 11.5 Å². The number of benzene rings is 1. The molecule has 3 N–H and O–H groups in total. The molecule has 6 heteroatoms. The van der Waals surface area contributed by atoms with Crippen molar-refractivity contribution in [2.24, 2.45) is 11.3 Å². The van der Waals surface area contributed by atoms with Gasteiger partial charge in [-0.2, -0.15) is 5.26 Å². The normalized spacial score (nSPS) is 32.3. The lowest BCUT2D eigenvalue weighted by atomic mass is 9.56. The van der Waals surface area contributed by atoms with Crippen molar-refractivity contribution in [3.8, 4) is 6.07 Å². The molecule has 1 heterocycles. The van der Waals surface area contributed by atoms with Crippen LogP contribution in [0.25, 0.3) is 0 Å². The van der Waals surface area contributed by atoms with Gasteiger partial charge in [-0.3, -0.25) is 10.1 Å². The van der Waals surface area contributed by atoms with E-state index in [0.717, 1.165) is 76.1 Å². The summed E-state index contributed by atoms with van der Waals surface area (Å²) in [5.74, 6) is 0.379. The van der Waals surface area contributed by atoms with E-state index >= 15 is 0 Å². The number of likely N-dealkylation sites (N-methyl/N-ethyl adjacent to an activating group) is 1. The zero-order valence-electron chi connectivity index (χ0n) is 20.1. The zero-order chi connectivity index (χ0) is 23.8. The Morgan fingerprint density at radius 2 is 2.00 bits per heavy atom. The van der Waals surface area contributed by atoms with E-state index in [1.54, 1.807) is 6.08 Å². The first-order chi connectivity index (χ1) is 16.4. The minimum atomic E-state index is -0.706. The van der Waals surface area contributed by atoms with Crippen LogP contribution in [0.3, 0.4) is 0 Å². The molecular formula is C28H36N4O2. The van der Waals surface area contributed by atoms with Gasteiger partial charge in [0.1, 0.15) is 6.07 Å². The third kappa shape index (κ3) is 4.06. The third-order valence-corrected chi connectivity index (χ3v) is 8.77. The summed E-state index contributed by atoms with van der Waals surface area (Å²) < 4.78 is 0. The van der Waals surface area contributed by atoms with Gasteiger partial charge >= 0.3 is 0 Å². The van der Waals surface area contributed by atoms with Crippen LogP contribution in [0.15, 0.2) is 48.2 Å². The number of carbonyl (C=O) groups is 1. The number of rotatable bonds is 6. The average molecular weight is 461 g/mol. The summed E-state index contributed by atoms with van der Waals surface area (Å²) in [5, 5.41) is 27.6. The minimum Gasteiger partial charge on any atom is -0.390 e. The fraction of sp³-hybridized carbons (Fsp3) is 0.571. The Kier molecular flexibility index (Phi) is 6.03. The quantitative estimate of drug-likeness (QED) is 0.599. The van der Waals surface area contributed by atoms with Gasteiger partial charge in [0.05, 0.1) is 28.9 Å². The maximum atomic E-state index is 13.6. The van der Waals surface area contributed by atoms with Gasteiger partial charge in [0.15, 0.2) is 5.78 Å². The largest absolute Gasteiger partial charge is 0.390 e. The fourth-order valence-corrected chi connectivity index (χ4v) is 6.67. The summed E-state index contributed by atoms with van der Waals surface area (Å²) >= 11 is 0. The van der Waals surface area contributed by atoms with Gasteiger partial charge < -0.3 is 15.3 Å². The Bertz CT molecular complexity index is 1040. The predicted molar refractivity (Wildman–Crippen MR) is 133 cm³/mol. The molecule has 1 unspecified atom stereocenters. The van der Waals surface area contributed by atoms with Crippen LogP contribution < -0.4 is 15.5 Å². The molecule has 1 saturated heterocycles. The van der Waals surface area contributed by atoms with Crippen LogP contribution in [0.2, 0.25) is 0 Å². The van der Waals surface area contributed by atoms with E-state index in [9.17, 15) is 15.2 Å². The lowest BCUT2D eigenvalue weighted by Crippen LogP contribution is -2.52. The molecule has 1 spiro atoms. The van der Waals surface area contributed by atoms with Crippen molar-refractivity contribution in [1.29, 1.82) is 5.26 Å². The van der Waals surface area contributed by atoms with E-state index in [4.69, 9.17) is 0 Å². The molecular weight excluding hydrogens is 424 g/mol. The number of ketones is 1. The maximum absolute atomic E-state index is 13.6. The van der Waals surface area contributed by atoms with Crippen molar-refractivity contribution in [1.82, 2.24) is 10.6 Å². The summed E-state index contributed by atoms with van der Waals surface area (Å²) in [6, 6.07) is 10.1. The predicted octanol–water partition coefficient (Wildman–Crippen LogP) is 3.78. The molecule has 1 atom stereocenters. The van der Waals surface area contributed by atoms with Crippen molar-refractivity contribution in [2.75, 3.05) is 24.7 Å². The molecule has 3 fully saturated rings. The van der Waals surface area contributed by atoms with Crippen LogP contribution in [0, 0.1) is 22.7 Å². The molecule has 0 amide bonds. The molecule has 3 aliphatic carbocycles. The van der Waals surface area contributed by atoms with Crippen molar-refractivity contribution in [2.45, 2.75) is 69.4 Å². The number of allylic oxidation sites excluding steroid dienone is 3. The first-order valence-electron chi connectivity index (χ1n) is 12.8. The lowest BCUT2D eigenvalue weighted by molar-refractivity contribution is -0.134. The molecule has 5 rings (SSSR count). The van der Waals surface area contributed by atoms with Gasteiger partial charge in [-0.05, 0) is 82.4 Å². The van der Waals surface area contributed by atoms with E-state index in [0.29, 0.717) is 12.0 Å². The van der Waals surface area contributed by atoms with E-state index < -0.39 is 11.0 Å². The fourth-order valence-electron chi connectivity index (χ4n) is 6.67. The van der Waals surface area contributed by atoms with Gasteiger partial charge in [0.25, 0.3) is 0 Å². The van der Waals surface area contributed by atoms with Crippen LogP contribution in [-0.2, 0) is 4.79 Å². The number of hydrogen-bond donors (Lipinski definition) is 3. The van der Waals surface area contributed by atoms with Crippen molar-refractivity contribution in [3.05, 3.63) is 53.8 Å². The summed E-state index contributed by atoms with van der Waals surface area (Å²) in [6.45, 7) is 4.43. The molecule has 2 saturated carbocycles. The summed E-state index contributed by atoms with van der Waals surface area (Å²) in [7, 11) is 0. The molecule has 0 bridgehead atoms. The van der Waals surface area contributed by atoms with Gasteiger partial charge in [-0.1, -0.05) is 18.2 Å². The minimum absolute atomic E-state index is 0.0137. The monoisotopic (exact) mass is 460 g/mol. The van der Waals surface area contributed by atoms with E-state index in [1.165, 1.54) is 0 Å². The highest BCUT2D eigenvalue weighted by atomic mass is 16.3. The summed E-state index contributed by atoms with van der Waals surface area (Å²) in [4.78, 5) is 15.9. The molecule has 4 aliphatic rings. The number of nitrogens with one attached hydrogen (secondary N) is 2. The number of nitrogens with zero attached hydrogens (tertiary/aromatic N) is 2. The molecule has 6 nitrogen and oxygen atoms in total. The number of para-hydroxylation sites is 1. The Morgan fingerprint density at radius 1 is 1.24 bits per heavy atom. The Balaban J connectivity index is 1.32. The van der Waals surface area contributed by atoms with E-state index in [1.807, 2.05) is 31.2 Å². The first-order valence-corrected chi connectivity index (χ1v) is 12.8. The number of carbonyl (C=O) groups excluding carboxylic acids is 1. The Labute approximate surface area is 202 Å². The average Bonchev–Trinajstić information content (AvgIpc) is 3.24. The molecule has 0 aromatic heterocycles. The topological polar surface area (TPSA) is 88.4 Å². The number of anilines is 1. The SMILES string of the molecule is CCNC1=CC(=O)C(CC2(O)CCC2)(C2CCC3(CC2)CN(c2ccccc2C#N)CN3)C=C1. The number of aliphatic hydroxyl groups is 1. The molecule has 180 valence electrons.